The topological polar surface area (TPSA) is 81.6 Å². The summed E-state index contributed by atoms with van der Waals surface area (Å²) in [6.45, 7) is 4.57. The fraction of sp³-hybridized carbons (Fsp3) is 0.412. The number of nitrogens with zero attached hydrogens (tertiary/aromatic N) is 6. The van der Waals surface area contributed by atoms with Crippen LogP contribution in [0.15, 0.2) is 55.6 Å². The molecule has 0 saturated heterocycles. The molecule has 0 aliphatic carbocycles. The van der Waals surface area contributed by atoms with Gasteiger partial charge in [-0.25, -0.2) is 19.3 Å². The van der Waals surface area contributed by atoms with Gasteiger partial charge < -0.3 is 5.11 Å². The summed E-state index contributed by atoms with van der Waals surface area (Å²) in [5.41, 5.74) is -1.48. The van der Waals surface area contributed by atoms with Crippen molar-refractivity contribution in [3.8, 4) is 0 Å². The van der Waals surface area contributed by atoms with Crippen molar-refractivity contribution in [2.75, 3.05) is 5.75 Å². The summed E-state index contributed by atoms with van der Waals surface area (Å²) in [6.07, 6.45) is 6.06. The van der Waals surface area contributed by atoms with E-state index in [2.05, 4.69) is 32.8 Å². The van der Waals surface area contributed by atoms with E-state index in [1.165, 1.54) is 12.7 Å². The third-order valence-electron chi connectivity index (χ3n) is 4.17. The number of halogens is 1. The van der Waals surface area contributed by atoms with Crippen LogP contribution in [0.1, 0.15) is 13.8 Å². The van der Waals surface area contributed by atoms with Gasteiger partial charge in [0.1, 0.15) is 30.9 Å². The molecule has 2 heterocycles. The standard InChI is InChI=1S/C11H18N6OS.C6H5Cl/c1-10(2,5-19)11(18,3-16-8-12-6-14-16)4-17-9-13-7-15-17;7-6-4-2-1-3-5-6/h6-9,18-19H,3-5H2,1-2H3;1-5H. The quantitative estimate of drug-likeness (QED) is 0.628. The summed E-state index contributed by atoms with van der Waals surface area (Å²) in [5, 5.41) is 20.0. The van der Waals surface area contributed by atoms with E-state index in [1.54, 1.807) is 22.0 Å². The van der Waals surface area contributed by atoms with Gasteiger partial charge in [0.15, 0.2) is 0 Å². The number of thiol groups is 1. The lowest BCUT2D eigenvalue weighted by molar-refractivity contribution is -0.0859. The largest absolute Gasteiger partial charge is 0.385 e. The van der Waals surface area contributed by atoms with Gasteiger partial charge in [-0.05, 0) is 17.9 Å². The van der Waals surface area contributed by atoms with Gasteiger partial charge in [-0.15, -0.1) is 0 Å². The molecule has 0 bridgehead atoms. The van der Waals surface area contributed by atoms with Crippen molar-refractivity contribution >= 4 is 24.2 Å². The van der Waals surface area contributed by atoms with Crippen LogP contribution in [0, 0.1) is 5.41 Å². The van der Waals surface area contributed by atoms with E-state index in [0.717, 1.165) is 5.02 Å². The van der Waals surface area contributed by atoms with Gasteiger partial charge in [0.05, 0.1) is 13.1 Å². The van der Waals surface area contributed by atoms with E-state index >= 15 is 0 Å². The second-order valence-electron chi connectivity index (χ2n) is 6.56. The van der Waals surface area contributed by atoms with E-state index in [9.17, 15) is 5.11 Å². The summed E-state index contributed by atoms with van der Waals surface area (Å²) in [6, 6.07) is 9.44. The maximum Gasteiger partial charge on any atom is 0.137 e. The van der Waals surface area contributed by atoms with Crippen LogP contribution in [0.5, 0.6) is 0 Å². The highest BCUT2D eigenvalue weighted by molar-refractivity contribution is 7.80. The van der Waals surface area contributed by atoms with Gasteiger partial charge in [0.2, 0.25) is 0 Å². The molecule has 7 nitrogen and oxygen atoms in total. The lowest BCUT2D eigenvalue weighted by Gasteiger charge is -2.41. The zero-order valence-corrected chi connectivity index (χ0v) is 16.4. The zero-order chi connectivity index (χ0) is 19.0. The Labute approximate surface area is 163 Å². The molecule has 3 aromatic rings. The Hall–Kier alpha value is -1.90. The molecule has 140 valence electrons. The molecule has 0 amide bonds. The van der Waals surface area contributed by atoms with Gasteiger partial charge in [-0.2, -0.15) is 22.8 Å². The van der Waals surface area contributed by atoms with Crippen LogP contribution in [0.3, 0.4) is 0 Å². The highest BCUT2D eigenvalue weighted by Crippen LogP contribution is 2.34. The minimum atomic E-state index is -1.06. The van der Waals surface area contributed by atoms with Crippen molar-refractivity contribution in [1.82, 2.24) is 29.5 Å². The molecular weight excluding hydrogens is 372 g/mol. The molecule has 0 radical (unpaired) electrons. The van der Waals surface area contributed by atoms with Crippen LogP contribution in [-0.2, 0) is 13.1 Å². The fourth-order valence-electron chi connectivity index (χ4n) is 2.20. The van der Waals surface area contributed by atoms with Crippen LogP contribution in [0.2, 0.25) is 5.02 Å². The molecule has 1 N–H and O–H groups in total. The molecule has 0 spiro atoms. The minimum absolute atomic E-state index is 0.320. The molecule has 1 aromatic carbocycles. The van der Waals surface area contributed by atoms with Crippen molar-refractivity contribution in [3.63, 3.8) is 0 Å². The second-order valence-corrected chi connectivity index (χ2v) is 7.31. The smallest absolute Gasteiger partial charge is 0.137 e. The van der Waals surface area contributed by atoms with Crippen molar-refractivity contribution in [3.05, 3.63) is 60.7 Å². The highest BCUT2D eigenvalue weighted by Gasteiger charge is 2.43. The Kier molecular flexibility index (Phi) is 7.19. The molecule has 9 heteroatoms. The van der Waals surface area contributed by atoms with Gasteiger partial charge in [0, 0.05) is 10.4 Å². The maximum atomic E-state index is 11.1. The first-order valence-corrected chi connectivity index (χ1v) is 9.06. The highest BCUT2D eigenvalue weighted by atomic mass is 35.5. The van der Waals surface area contributed by atoms with Crippen molar-refractivity contribution in [2.24, 2.45) is 5.41 Å². The van der Waals surface area contributed by atoms with E-state index in [-0.39, 0.29) is 0 Å². The predicted molar refractivity (Wildman–Crippen MR) is 104 cm³/mol. The molecule has 0 aliphatic heterocycles. The number of hydrogen-bond acceptors (Lipinski definition) is 6. The third kappa shape index (κ3) is 5.55. The first kappa shape index (κ1) is 20.4. The van der Waals surface area contributed by atoms with Gasteiger partial charge in [0.25, 0.3) is 0 Å². The van der Waals surface area contributed by atoms with E-state index in [4.69, 9.17) is 11.6 Å². The molecule has 3 rings (SSSR count). The minimum Gasteiger partial charge on any atom is -0.385 e. The number of hydrogen-bond donors (Lipinski definition) is 2. The molecule has 0 saturated carbocycles. The lowest BCUT2D eigenvalue weighted by atomic mass is 9.76. The zero-order valence-electron chi connectivity index (χ0n) is 14.8. The molecular formula is C17H23ClN6OS. The number of benzene rings is 1. The first-order chi connectivity index (χ1) is 12.4. The van der Waals surface area contributed by atoms with Crippen LogP contribution in [0.25, 0.3) is 0 Å². The number of aromatic nitrogens is 6. The van der Waals surface area contributed by atoms with Crippen molar-refractivity contribution < 1.29 is 5.11 Å². The Morgan fingerprint density at radius 2 is 1.50 bits per heavy atom. The summed E-state index contributed by atoms with van der Waals surface area (Å²) in [4.78, 5) is 7.80. The van der Waals surface area contributed by atoms with Gasteiger partial charge >= 0.3 is 0 Å². The van der Waals surface area contributed by atoms with E-state index < -0.39 is 11.0 Å². The number of aliphatic hydroxyl groups is 1. The monoisotopic (exact) mass is 394 g/mol. The Balaban J connectivity index is 0.000000290. The predicted octanol–water partition coefficient (Wildman–Crippen LogP) is 2.60. The molecule has 26 heavy (non-hydrogen) atoms. The SMILES string of the molecule is CC(C)(CS)C(O)(Cn1cncn1)Cn1cncn1.Clc1ccccc1. The van der Waals surface area contributed by atoms with Crippen LogP contribution in [-0.4, -0.2) is 46.0 Å². The number of rotatable bonds is 6. The fourth-order valence-corrected chi connectivity index (χ4v) is 2.64. The molecule has 0 aliphatic rings. The third-order valence-corrected chi connectivity index (χ3v) is 5.21. The lowest BCUT2D eigenvalue weighted by Crippen LogP contribution is -2.52. The Morgan fingerprint density at radius 3 is 1.81 bits per heavy atom. The Morgan fingerprint density at radius 1 is 1.00 bits per heavy atom. The van der Waals surface area contributed by atoms with E-state index in [0.29, 0.717) is 18.8 Å². The van der Waals surface area contributed by atoms with Crippen molar-refractivity contribution in [2.45, 2.75) is 32.5 Å². The Bertz CT molecular complexity index is 713. The van der Waals surface area contributed by atoms with Crippen LogP contribution < -0.4 is 0 Å². The molecule has 2 aromatic heterocycles. The maximum absolute atomic E-state index is 11.1. The van der Waals surface area contributed by atoms with Gasteiger partial charge in [-0.1, -0.05) is 43.6 Å². The van der Waals surface area contributed by atoms with Gasteiger partial charge in [-0.3, -0.25) is 0 Å². The average molecular weight is 395 g/mol. The van der Waals surface area contributed by atoms with E-state index in [1.807, 2.05) is 44.2 Å². The normalized spacial score (nSPS) is 11.7. The molecule has 0 fully saturated rings. The summed E-state index contributed by atoms with van der Waals surface area (Å²) < 4.78 is 3.23. The molecule has 0 atom stereocenters. The summed E-state index contributed by atoms with van der Waals surface area (Å²) in [5.74, 6) is 0.535. The van der Waals surface area contributed by atoms with Crippen molar-refractivity contribution in [1.29, 1.82) is 0 Å². The first-order valence-electron chi connectivity index (χ1n) is 8.05. The average Bonchev–Trinajstić information content (AvgIpc) is 3.30. The van der Waals surface area contributed by atoms with Crippen LogP contribution >= 0.6 is 24.2 Å². The van der Waals surface area contributed by atoms with Crippen LogP contribution in [0.4, 0.5) is 0 Å². The summed E-state index contributed by atoms with van der Waals surface area (Å²) >= 11 is 9.89. The second kappa shape index (κ2) is 9.16. The summed E-state index contributed by atoms with van der Waals surface area (Å²) in [7, 11) is 0. The molecule has 0 unspecified atom stereocenters.